The standard InChI is InChI=1S/C16H22N2O2/c17-9-12-5-3-6-14(12)16(19)18-13-8-11-4-1-2-7-15(11)20-10-13/h1-2,4,7,12-14H,3,5-6,8-10,17H2,(H,18,19)/t12-,13?,14-/m1/s1. The maximum Gasteiger partial charge on any atom is 0.223 e. The van der Waals surface area contributed by atoms with Crippen LogP contribution in [0.3, 0.4) is 0 Å². The average Bonchev–Trinajstić information content (AvgIpc) is 2.95. The Morgan fingerprint density at radius 3 is 3.05 bits per heavy atom. The number of hydrogen-bond acceptors (Lipinski definition) is 3. The highest BCUT2D eigenvalue weighted by Gasteiger charge is 2.33. The van der Waals surface area contributed by atoms with E-state index in [0.29, 0.717) is 19.1 Å². The summed E-state index contributed by atoms with van der Waals surface area (Å²) in [6.45, 7) is 1.17. The van der Waals surface area contributed by atoms with Crippen molar-refractivity contribution in [2.75, 3.05) is 13.2 Å². The molecule has 3 atom stereocenters. The highest BCUT2D eigenvalue weighted by Crippen LogP contribution is 2.31. The molecule has 0 aromatic heterocycles. The maximum absolute atomic E-state index is 12.4. The molecule has 0 saturated heterocycles. The number of ether oxygens (including phenoxy) is 1. The van der Waals surface area contributed by atoms with Crippen LogP contribution in [0.25, 0.3) is 0 Å². The minimum atomic E-state index is 0.0800. The van der Waals surface area contributed by atoms with E-state index in [1.54, 1.807) is 0 Å². The number of fused-ring (bicyclic) bond motifs is 1. The van der Waals surface area contributed by atoms with Crippen LogP contribution in [0.15, 0.2) is 24.3 Å². The predicted octanol–water partition coefficient (Wildman–Crippen LogP) is 1.48. The van der Waals surface area contributed by atoms with Gasteiger partial charge >= 0.3 is 0 Å². The van der Waals surface area contributed by atoms with Crippen molar-refractivity contribution in [1.29, 1.82) is 0 Å². The van der Waals surface area contributed by atoms with E-state index in [1.807, 2.05) is 18.2 Å². The Labute approximate surface area is 119 Å². The molecule has 1 unspecified atom stereocenters. The Kier molecular flexibility index (Phi) is 3.92. The topological polar surface area (TPSA) is 64.4 Å². The van der Waals surface area contributed by atoms with Gasteiger partial charge in [-0.2, -0.15) is 0 Å². The summed E-state index contributed by atoms with van der Waals surface area (Å²) in [7, 11) is 0. The first kappa shape index (κ1) is 13.4. The molecule has 3 rings (SSSR count). The van der Waals surface area contributed by atoms with Gasteiger partial charge < -0.3 is 15.8 Å². The highest BCUT2D eigenvalue weighted by atomic mass is 16.5. The van der Waals surface area contributed by atoms with Crippen molar-refractivity contribution in [1.82, 2.24) is 5.32 Å². The summed E-state index contributed by atoms with van der Waals surface area (Å²) in [5, 5.41) is 3.15. The zero-order valence-electron chi connectivity index (χ0n) is 11.7. The summed E-state index contributed by atoms with van der Waals surface area (Å²) in [6, 6.07) is 8.10. The second-order valence-electron chi connectivity index (χ2n) is 5.86. The van der Waals surface area contributed by atoms with Crippen LogP contribution in [-0.2, 0) is 11.2 Å². The van der Waals surface area contributed by atoms with Crippen LogP contribution >= 0.6 is 0 Å². The third kappa shape index (κ3) is 2.66. The van der Waals surface area contributed by atoms with E-state index in [4.69, 9.17) is 10.5 Å². The van der Waals surface area contributed by atoms with Gasteiger partial charge in [-0.25, -0.2) is 0 Å². The van der Waals surface area contributed by atoms with Crippen LogP contribution < -0.4 is 15.8 Å². The average molecular weight is 274 g/mol. The van der Waals surface area contributed by atoms with E-state index >= 15 is 0 Å². The first-order valence-electron chi connectivity index (χ1n) is 7.49. The Hall–Kier alpha value is -1.55. The number of hydrogen-bond donors (Lipinski definition) is 2. The SMILES string of the molecule is NC[C@H]1CCC[C@H]1C(=O)NC1COc2ccccc2C1. The molecule has 3 N–H and O–H groups in total. The van der Waals surface area contributed by atoms with Gasteiger partial charge in [-0.05, 0) is 43.4 Å². The number of nitrogens with one attached hydrogen (secondary N) is 1. The van der Waals surface area contributed by atoms with E-state index < -0.39 is 0 Å². The molecule has 1 aromatic rings. The number of carbonyl (C=O) groups is 1. The maximum atomic E-state index is 12.4. The molecule has 4 heteroatoms. The first-order chi connectivity index (χ1) is 9.78. The first-order valence-corrected chi connectivity index (χ1v) is 7.49. The van der Waals surface area contributed by atoms with Gasteiger partial charge in [0.05, 0.1) is 6.04 Å². The molecular weight excluding hydrogens is 252 g/mol. The van der Waals surface area contributed by atoms with Crippen LogP contribution in [0.1, 0.15) is 24.8 Å². The van der Waals surface area contributed by atoms with Gasteiger partial charge in [0.2, 0.25) is 5.91 Å². The number of rotatable bonds is 3. The molecule has 1 aromatic carbocycles. The summed E-state index contributed by atoms with van der Waals surface area (Å²) in [5.41, 5.74) is 6.93. The van der Waals surface area contributed by atoms with E-state index in [-0.39, 0.29) is 17.9 Å². The summed E-state index contributed by atoms with van der Waals surface area (Å²) >= 11 is 0. The normalized spacial score (nSPS) is 28.6. The minimum absolute atomic E-state index is 0.0800. The second kappa shape index (κ2) is 5.83. The van der Waals surface area contributed by atoms with Crippen molar-refractivity contribution < 1.29 is 9.53 Å². The quantitative estimate of drug-likeness (QED) is 0.877. The molecule has 0 bridgehead atoms. The summed E-state index contributed by atoms with van der Waals surface area (Å²) < 4.78 is 5.71. The molecule has 1 amide bonds. The van der Waals surface area contributed by atoms with Crippen molar-refractivity contribution in [3.63, 3.8) is 0 Å². The monoisotopic (exact) mass is 274 g/mol. The fraction of sp³-hybridized carbons (Fsp3) is 0.562. The fourth-order valence-corrected chi connectivity index (χ4v) is 3.39. The molecule has 1 aliphatic heterocycles. The van der Waals surface area contributed by atoms with Gasteiger partial charge in [-0.1, -0.05) is 24.6 Å². The van der Waals surface area contributed by atoms with Gasteiger partial charge in [0, 0.05) is 5.92 Å². The summed E-state index contributed by atoms with van der Waals surface area (Å²) in [4.78, 5) is 12.4. The fourth-order valence-electron chi connectivity index (χ4n) is 3.39. The summed E-state index contributed by atoms with van der Waals surface area (Å²) in [5.74, 6) is 1.55. The van der Waals surface area contributed by atoms with E-state index in [2.05, 4.69) is 11.4 Å². The van der Waals surface area contributed by atoms with Gasteiger partial charge in [0.1, 0.15) is 12.4 Å². The number of para-hydroxylation sites is 1. The predicted molar refractivity (Wildman–Crippen MR) is 77.5 cm³/mol. The van der Waals surface area contributed by atoms with Crippen LogP contribution in [0, 0.1) is 11.8 Å². The Balaban J connectivity index is 1.60. The lowest BCUT2D eigenvalue weighted by atomic mass is 9.94. The van der Waals surface area contributed by atoms with Crippen molar-refractivity contribution >= 4 is 5.91 Å². The molecule has 108 valence electrons. The van der Waals surface area contributed by atoms with Gasteiger partial charge in [-0.15, -0.1) is 0 Å². The number of amides is 1. The van der Waals surface area contributed by atoms with Crippen LogP contribution in [0.4, 0.5) is 0 Å². The Bertz CT molecular complexity index is 489. The second-order valence-corrected chi connectivity index (χ2v) is 5.86. The molecule has 0 spiro atoms. The number of nitrogens with two attached hydrogens (primary N) is 1. The van der Waals surface area contributed by atoms with Crippen LogP contribution in [-0.4, -0.2) is 25.1 Å². The third-order valence-electron chi connectivity index (χ3n) is 4.52. The lowest BCUT2D eigenvalue weighted by Crippen LogP contribution is -2.46. The molecule has 1 heterocycles. The molecule has 1 saturated carbocycles. The van der Waals surface area contributed by atoms with E-state index in [0.717, 1.165) is 31.4 Å². The molecule has 1 aliphatic carbocycles. The minimum Gasteiger partial charge on any atom is -0.491 e. The zero-order valence-corrected chi connectivity index (χ0v) is 11.7. The van der Waals surface area contributed by atoms with Crippen LogP contribution in [0.2, 0.25) is 0 Å². The van der Waals surface area contributed by atoms with Crippen molar-refractivity contribution in [2.45, 2.75) is 31.7 Å². The largest absolute Gasteiger partial charge is 0.491 e. The Morgan fingerprint density at radius 1 is 1.35 bits per heavy atom. The third-order valence-corrected chi connectivity index (χ3v) is 4.52. The molecule has 20 heavy (non-hydrogen) atoms. The van der Waals surface area contributed by atoms with Crippen molar-refractivity contribution in [3.8, 4) is 5.75 Å². The highest BCUT2D eigenvalue weighted by molar-refractivity contribution is 5.79. The Morgan fingerprint density at radius 2 is 2.20 bits per heavy atom. The number of carbonyl (C=O) groups excluding carboxylic acids is 1. The molecule has 0 radical (unpaired) electrons. The molecule has 2 aliphatic rings. The van der Waals surface area contributed by atoms with E-state index in [9.17, 15) is 4.79 Å². The number of benzene rings is 1. The summed E-state index contributed by atoms with van der Waals surface area (Å²) in [6.07, 6.45) is 4.02. The lowest BCUT2D eigenvalue weighted by Gasteiger charge is -2.28. The smallest absolute Gasteiger partial charge is 0.223 e. The van der Waals surface area contributed by atoms with Gasteiger partial charge in [0.25, 0.3) is 0 Å². The molecule has 1 fully saturated rings. The van der Waals surface area contributed by atoms with E-state index in [1.165, 1.54) is 5.56 Å². The zero-order chi connectivity index (χ0) is 13.9. The lowest BCUT2D eigenvalue weighted by molar-refractivity contribution is -0.127. The van der Waals surface area contributed by atoms with Gasteiger partial charge in [0.15, 0.2) is 0 Å². The van der Waals surface area contributed by atoms with Crippen molar-refractivity contribution in [2.24, 2.45) is 17.6 Å². The molecular formula is C16H22N2O2. The van der Waals surface area contributed by atoms with Gasteiger partial charge in [-0.3, -0.25) is 4.79 Å². The van der Waals surface area contributed by atoms with Crippen molar-refractivity contribution in [3.05, 3.63) is 29.8 Å². The van der Waals surface area contributed by atoms with Crippen LogP contribution in [0.5, 0.6) is 5.75 Å². The molecule has 4 nitrogen and oxygen atoms in total.